The molecule has 0 radical (unpaired) electrons. The van der Waals surface area contributed by atoms with Gasteiger partial charge in [0.2, 0.25) is 0 Å². The molecule has 0 aliphatic carbocycles. The van der Waals surface area contributed by atoms with Gasteiger partial charge in [-0.05, 0) is 41.5 Å². The minimum absolute atomic E-state index is 0.0139. The molecule has 2 aromatic carbocycles. The fourth-order valence-corrected chi connectivity index (χ4v) is 2.56. The minimum Gasteiger partial charge on any atom is -0.396 e. The van der Waals surface area contributed by atoms with E-state index in [0.717, 1.165) is 15.2 Å². The average Bonchev–Trinajstić information content (AvgIpc) is 2.47. The van der Waals surface area contributed by atoms with E-state index >= 15 is 0 Å². The molecule has 21 heavy (non-hydrogen) atoms. The first-order valence-electron chi connectivity index (χ1n) is 6.74. The van der Waals surface area contributed by atoms with E-state index < -0.39 is 0 Å². The maximum absolute atomic E-state index is 12.3. The third kappa shape index (κ3) is 4.27. The molecular formula is C16H18BrNO3. The van der Waals surface area contributed by atoms with E-state index in [9.17, 15) is 4.79 Å². The predicted octanol–water partition coefficient (Wildman–Crippen LogP) is 2.73. The number of ether oxygens (including phenoxy) is 1. The molecule has 4 nitrogen and oxygen atoms in total. The van der Waals surface area contributed by atoms with Crippen LogP contribution in [-0.4, -0.2) is 37.4 Å². The summed E-state index contributed by atoms with van der Waals surface area (Å²) in [7, 11) is 1.57. The summed E-state index contributed by atoms with van der Waals surface area (Å²) in [6, 6.07) is 11.3. The zero-order valence-corrected chi connectivity index (χ0v) is 13.4. The van der Waals surface area contributed by atoms with Crippen LogP contribution in [0.1, 0.15) is 16.8 Å². The second kappa shape index (κ2) is 7.54. The first-order valence-corrected chi connectivity index (χ1v) is 7.53. The number of carbonyl (C=O) groups excluding carboxylic acids is 1. The lowest BCUT2D eigenvalue weighted by molar-refractivity contribution is 0.0879. The summed E-state index contributed by atoms with van der Waals surface area (Å²) in [6.07, 6.45) is 0.472. The zero-order valence-electron chi connectivity index (χ0n) is 11.8. The van der Waals surface area contributed by atoms with E-state index in [-0.39, 0.29) is 18.6 Å². The molecule has 0 heterocycles. The van der Waals surface area contributed by atoms with E-state index in [1.807, 2.05) is 30.3 Å². The van der Waals surface area contributed by atoms with Crippen molar-refractivity contribution in [3.63, 3.8) is 0 Å². The van der Waals surface area contributed by atoms with Crippen LogP contribution >= 0.6 is 15.9 Å². The Morgan fingerprint density at radius 2 is 2.00 bits per heavy atom. The van der Waals surface area contributed by atoms with Crippen LogP contribution in [0.3, 0.4) is 0 Å². The van der Waals surface area contributed by atoms with Crippen LogP contribution in [0.4, 0.5) is 0 Å². The molecule has 2 rings (SSSR count). The molecule has 0 bridgehead atoms. The van der Waals surface area contributed by atoms with Gasteiger partial charge in [0, 0.05) is 23.8 Å². The lowest BCUT2D eigenvalue weighted by atomic mass is 10.1. The summed E-state index contributed by atoms with van der Waals surface area (Å²) < 4.78 is 6.06. The van der Waals surface area contributed by atoms with E-state index in [1.165, 1.54) is 0 Å². The van der Waals surface area contributed by atoms with Gasteiger partial charge in [-0.15, -0.1) is 0 Å². The largest absolute Gasteiger partial charge is 0.396 e. The van der Waals surface area contributed by atoms with Crippen molar-refractivity contribution in [3.05, 3.63) is 46.4 Å². The highest BCUT2D eigenvalue weighted by Gasteiger charge is 2.13. The maximum Gasteiger partial charge on any atom is 0.251 e. The molecule has 0 spiro atoms. The van der Waals surface area contributed by atoms with Crippen molar-refractivity contribution in [2.75, 3.05) is 20.3 Å². The SMILES string of the molecule is COCC(CCO)NC(=O)c1ccc2cc(Br)ccc2c1. The molecule has 0 aliphatic heterocycles. The number of hydrogen-bond donors (Lipinski definition) is 2. The van der Waals surface area contributed by atoms with Crippen LogP contribution in [0, 0.1) is 0 Å². The Kier molecular flexibility index (Phi) is 5.73. The molecule has 1 amide bonds. The van der Waals surface area contributed by atoms with Gasteiger partial charge in [-0.3, -0.25) is 4.79 Å². The van der Waals surface area contributed by atoms with Crippen LogP contribution < -0.4 is 5.32 Å². The van der Waals surface area contributed by atoms with Crippen molar-refractivity contribution >= 4 is 32.6 Å². The number of amides is 1. The van der Waals surface area contributed by atoms with Gasteiger partial charge in [-0.2, -0.15) is 0 Å². The quantitative estimate of drug-likeness (QED) is 0.841. The van der Waals surface area contributed by atoms with E-state index in [0.29, 0.717) is 18.6 Å². The van der Waals surface area contributed by atoms with Gasteiger partial charge in [0.1, 0.15) is 0 Å². The Balaban J connectivity index is 2.16. The summed E-state index contributed by atoms with van der Waals surface area (Å²) >= 11 is 3.43. The van der Waals surface area contributed by atoms with E-state index in [4.69, 9.17) is 9.84 Å². The third-order valence-corrected chi connectivity index (χ3v) is 3.74. The molecule has 0 aliphatic rings. The summed E-state index contributed by atoms with van der Waals surface area (Å²) in [5, 5.41) is 14.0. The van der Waals surface area contributed by atoms with Crippen LogP contribution in [0.25, 0.3) is 10.8 Å². The number of halogens is 1. The molecule has 0 aromatic heterocycles. The summed E-state index contributed by atoms with van der Waals surface area (Å²) in [4.78, 5) is 12.3. The Morgan fingerprint density at radius 3 is 2.71 bits per heavy atom. The van der Waals surface area contributed by atoms with Gasteiger partial charge >= 0.3 is 0 Å². The van der Waals surface area contributed by atoms with Crippen LogP contribution in [0.15, 0.2) is 40.9 Å². The van der Waals surface area contributed by atoms with Crippen LogP contribution in [-0.2, 0) is 4.74 Å². The summed E-state index contributed by atoms with van der Waals surface area (Å²) in [6.45, 7) is 0.396. The number of aliphatic hydroxyl groups is 1. The van der Waals surface area contributed by atoms with Crippen LogP contribution in [0.2, 0.25) is 0 Å². The first kappa shape index (κ1) is 15.9. The first-order chi connectivity index (χ1) is 10.1. The Hall–Kier alpha value is -1.43. The van der Waals surface area contributed by atoms with Gasteiger partial charge < -0.3 is 15.2 Å². The normalized spacial score (nSPS) is 12.3. The number of benzene rings is 2. The van der Waals surface area contributed by atoms with Crippen LogP contribution in [0.5, 0.6) is 0 Å². The van der Waals surface area contributed by atoms with Crippen molar-refractivity contribution in [1.29, 1.82) is 0 Å². The molecule has 0 saturated carbocycles. The second-order valence-corrected chi connectivity index (χ2v) is 5.76. The fourth-order valence-electron chi connectivity index (χ4n) is 2.18. The van der Waals surface area contributed by atoms with Gasteiger partial charge in [-0.25, -0.2) is 0 Å². The van der Waals surface area contributed by atoms with Crippen molar-refractivity contribution in [2.24, 2.45) is 0 Å². The smallest absolute Gasteiger partial charge is 0.251 e. The topological polar surface area (TPSA) is 58.6 Å². The monoisotopic (exact) mass is 351 g/mol. The van der Waals surface area contributed by atoms with Crippen molar-refractivity contribution in [1.82, 2.24) is 5.32 Å². The zero-order chi connectivity index (χ0) is 15.2. The lowest BCUT2D eigenvalue weighted by Crippen LogP contribution is -2.38. The fraction of sp³-hybridized carbons (Fsp3) is 0.312. The summed E-state index contributed by atoms with van der Waals surface area (Å²) in [5.74, 6) is -0.157. The highest BCUT2D eigenvalue weighted by Crippen LogP contribution is 2.21. The third-order valence-electron chi connectivity index (χ3n) is 3.25. The Morgan fingerprint density at radius 1 is 1.29 bits per heavy atom. The minimum atomic E-state index is -0.187. The molecule has 2 N–H and O–H groups in total. The van der Waals surface area contributed by atoms with Crippen molar-refractivity contribution in [3.8, 4) is 0 Å². The van der Waals surface area contributed by atoms with E-state index in [1.54, 1.807) is 13.2 Å². The molecule has 0 fully saturated rings. The molecule has 1 unspecified atom stereocenters. The lowest BCUT2D eigenvalue weighted by Gasteiger charge is -2.17. The van der Waals surface area contributed by atoms with Gasteiger partial charge in [0.15, 0.2) is 0 Å². The summed E-state index contributed by atoms with van der Waals surface area (Å²) in [5.41, 5.74) is 0.601. The maximum atomic E-state index is 12.3. The molecule has 112 valence electrons. The number of nitrogens with one attached hydrogen (secondary N) is 1. The Labute approximate surface area is 132 Å². The van der Waals surface area contributed by atoms with Crippen molar-refractivity contribution < 1.29 is 14.6 Å². The number of carbonyl (C=O) groups is 1. The van der Waals surface area contributed by atoms with Gasteiger partial charge in [-0.1, -0.05) is 28.1 Å². The highest BCUT2D eigenvalue weighted by molar-refractivity contribution is 9.10. The van der Waals surface area contributed by atoms with Crippen molar-refractivity contribution in [2.45, 2.75) is 12.5 Å². The number of hydrogen-bond acceptors (Lipinski definition) is 3. The molecule has 0 saturated heterocycles. The standard InChI is InChI=1S/C16H18BrNO3/c1-21-10-15(6-7-19)18-16(20)13-3-2-12-9-14(17)5-4-11(12)8-13/h2-5,8-9,15,19H,6-7,10H2,1H3,(H,18,20). The molecule has 2 aromatic rings. The highest BCUT2D eigenvalue weighted by atomic mass is 79.9. The number of fused-ring (bicyclic) bond motifs is 1. The van der Waals surface area contributed by atoms with Gasteiger partial charge in [0.05, 0.1) is 12.6 Å². The molecular weight excluding hydrogens is 334 g/mol. The average molecular weight is 352 g/mol. The molecule has 5 heteroatoms. The second-order valence-electron chi connectivity index (χ2n) is 4.84. The number of methoxy groups -OCH3 is 1. The predicted molar refractivity (Wildman–Crippen MR) is 86.5 cm³/mol. The number of rotatable bonds is 6. The molecule has 1 atom stereocenters. The van der Waals surface area contributed by atoms with E-state index in [2.05, 4.69) is 21.2 Å². The van der Waals surface area contributed by atoms with Gasteiger partial charge in [0.25, 0.3) is 5.91 Å². The Bertz CT molecular complexity index is 624. The number of aliphatic hydroxyl groups excluding tert-OH is 1.